The lowest BCUT2D eigenvalue weighted by Crippen LogP contribution is -2.23. The summed E-state index contributed by atoms with van der Waals surface area (Å²) in [6, 6.07) is 14.4. The zero-order valence-electron chi connectivity index (χ0n) is 16.1. The number of para-hydroxylation sites is 1. The molecule has 3 heterocycles. The monoisotopic (exact) mass is 402 g/mol. The van der Waals surface area contributed by atoms with Crippen LogP contribution in [-0.2, 0) is 12.8 Å². The van der Waals surface area contributed by atoms with Gasteiger partial charge in [-0.05, 0) is 60.2 Å². The van der Waals surface area contributed by atoms with E-state index in [1.807, 2.05) is 36.5 Å². The first-order valence-electron chi connectivity index (χ1n) is 9.72. The van der Waals surface area contributed by atoms with Crippen molar-refractivity contribution >= 4 is 34.7 Å². The lowest BCUT2D eigenvalue weighted by Gasteiger charge is -2.11. The maximum absolute atomic E-state index is 6.43. The van der Waals surface area contributed by atoms with Crippen molar-refractivity contribution in [1.82, 2.24) is 15.0 Å². The molecule has 1 atom stereocenters. The Balaban J connectivity index is 1.40. The molecular weight excluding hydrogens is 380 g/mol. The van der Waals surface area contributed by atoms with E-state index >= 15 is 0 Å². The number of pyridine rings is 2. The van der Waals surface area contributed by atoms with Crippen molar-refractivity contribution in [2.45, 2.75) is 25.3 Å². The van der Waals surface area contributed by atoms with E-state index in [0.29, 0.717) is 5.15 Å². The largest absolute Gasteiger partial charge is 0.361 e. The highest BCUT2D eigenvalue weighted by Crippen LogP contribution is 2.21. The van der Waals surface area contributed by atoms with Crippen LogP contribution < -0.4 is 5.73 Å². The molecule has 0 fully saturated rings. The molecule has 0 saturated carbocycles. The molecule has 0 radical (unpaired) electrons. The third kappa shape index (κ3) is 4.91. The van der Waals surface area contributed by atoms with E-state index in [4.69, 9.17) is 17.3 Å². The summed E-state index contributed by atoms with van der Waals surface area (Å²) in [5.41, 5.74) is 12.0. The van der Waals surface area contributed by atoms with Gasteiger partial charge in [-0.25, -0.2) is 4.98 Å². The van der Waals surface area contributed by atoms with Crippen LogP contribution in [0.2, 0.25) is 5.15 Å². The predicted molar refractivity (Wildman–Crippen MR) is 121 cm³/mol. The number of hydrogen-bond donors (Lipinski definition) is 2. The number of hydrogen-bond acceptors (Lipinski definition) is 3. The number of nitrogens with zero attached hydrogens (tertiary/aromatic N) is 2. The van der Waals surface area contributed by atoms with Crippen molar-refractivity contribution < 1.29 is 0 Å². The van der Waals surface area contributed by atoms with Gasteiger partial charge in [0.05, 0.1) is 0 Å². The number of nitrogens with one attached hydrogen (secondary N) is 1. The molecule has 0 bridgehead atoms. The minimum Gasteiger partial charge on any atom is -0.361 e. The average molecular weight is 403 g/mol. The van der Waals surface area contributed by atoms with E-state index in [2.05, 4.69) is 45.4 Å². The molecule has 0 aliphatic carbocycles. The van der Waals surface area contributed by atoms with Crippen molar-refractivity contribution in [3.63, 3.8) is 0 Å². The quantitative estimate of drug-likeness (QED) is 0.413. The summed E-state index contributed by atoms with van der Waals surface area (Å²) >= 11 is 6.27. The van der Waals surface area contributed by atoms with Gasteiger partial charge in [-0.1, -0.05) is 42.0 Å². The third-order valence-corrected chi connectivity index (χ3v) is 5.36. The van der Waals surface area contributed by atoms with Gasteiger partial charge in [0.15, 0.2) is 0 Å². The summed E-state index contributed by atoms with van der Waals surface area (Å²) in [6.45, 7) is 0. The molecule has 0 aliphatic rings. The second-order valence-corrected chi connectivity index (χ2v) is 7.56. The van der Waals surface area contributed by atoms with Crippen molar-refractivity contribution in [3.05, 3.63) is 94.7 Å². The summed E-state index contributed by atoms with van der Waals surface area (Å²) < 4.78 is 0. The summed E-state index contributed by atoms with van der Waals surface area (Å²) in [7, 11) is 0. The van der Waals surface area contributed by atoms with E-state index in [1.165, 1.54) is 10.9 Å². The van der Waals surface area contributed by atoms with E-state index in [-0.39, 0.29) is 6.04 Å². The standard InChI is InChI=1S/C24H23ClN4/c25-24-19(7-5-17-9-11-27-12-10-17)13-18(15-29-24)6-8-21(26)14-20-16-28-23-4-2-1-3-22(20)23/h1-5,7,9-13,15-16,21,28H,6,8,14,26H2/t21-/m1/s1. The molecule has 4 aromatic rings. The SMILES string of the molecule is N[C@H](CCc1cnc(Cl)c(C=Cc2ccncc2)c1)Cc1c[nH]c2ccccc12. The number of halogens is 1. The first-order chi connectivity index (χ1) is 14.2. The fraction of sp³-hybridized carbons (Fsp3) is 0.167. The maximum atomic E-state index is 6.43. The predicted octanol–water partition coefficient (Wildman–Crippen LogP) is 5.28. The molecule has 0 spiro atoms. The van der Waals surface area contributed by atoms with Gasteiger partial charge in [0.1, 0.15) is 5.15 Å². The smallest absolute Gasteiger partial charge is 0.136 e. The molecule has 5 heteroatoms. The minimum absolute atomic E-state index is 0.0840. The van der Waals surface area contributed by atoms with Crippen LogP contribution in [0, 0.1) is 0 Å². The van der Waals surface area contributed by atoms with Crippen LogP contribution in [-0.4, -0.2) is 21.0 Å². The Kier molecular flexibility index (Phi) is 6.03. The third-order valence-electron chi connectivity index (χ3n) is 5.05. The summed E-state index contributed by atoms with van der Waals surface area (Å²) in [5, 5.41) is 1.75. The van der Waals surface area contributed by atoms with Crippen molar-refractivity contribution in [1.29, 1.82) is 0 Å². The molecule has 0 amide bonds. The molecule has 1 aromatic carbocycles. The highest BCUT2D eigenvalue weighted by Gasteiger charge is 2.10. The van der Waals surface area contributed by atoms with Crippen LogP contribution in [0.4, 0.5) is 0 Å². The number of rotatable bonds is 7. The Labute approximate surface area is 175 Å². The number of H-pyrrole nitrogens is 1. The van der Waals surface area contributed by atoms with Crippen LogP contribution in [0.5, 0.6) is 0 Å². The van der Waals surface area contributed by atoms with E-state index < -0.39 is 0 Å². The molecule has 0 unspecified atom stereocenters. The van der Waals surface area contributed by atoms with E-state index in [1.54, 1.807) is 12.4 Å². The molecule has 4 rings (SSSR count). The lowest BCUT2D eigenvalue weighted by molar-refractivity contribution is 0.611. The van der Waals surface area contributed by atoms with Crippen LogP contribution >= 0.6 is 11.6 Å². The maximum Gasteiger partial charge on any atom is 0.136 e. The topological polar surface area (TPSA) is 67.6 Å². The first-order valence-corrected chi connectivity index (χ1v) is 10.1. The first kappa shape index (κ1) is 19.4. The highest BCUT2D eigenvalue weighted by atomic mass is 35.5. The Hall–Kier alpha value is -2.95. The number of benzene rings is 1. The lowest BCUT2D eigenvalue weighted by atomic mass is 9.99. The Bertz CT molecular complexity index is 1120. The molecule has 3 aromatic heterocycles. The number of aromatic nitrogens is 3. The molecule has 3 N–H and O–H groups in total. The van der Waals surface area contributed by atoms with Gasteiger partial charge >= 0.3 is 0 Å². The van der Waals surface area contributed by atoms with Crippen LogP contribution in [0.3, 0.4) is 0 Å². The molecule has 29 heavy (non-hydrogen) atoms. The van der Waals surface area contributed by atoms with Gasteiger partial charge in [0.25, 0.3) is 0 Å². The van der Waals surface area contributed by atoms with Gasteiger partial charge in [-0.3, -0.25) is 4.98 Å². The van der Waals surface area contributed by atoms with Crippen LogP contribution in [0.1, 0.15) is 28.7 Å². The number of nitrogens with two attached hydrogens (primary N) is 1. The van der Waals surface area contributed by atoms with Gasteiger partial charge in [0, 0.05) is 47.3 Å². The Morgan fingerprint density at radius 3 is 2.79 bits per heavy atom. The van der Waals surface area contributed by atoms with Crippen molar-refractivity contribution in [2.24, 2.45) is 5.73 Å². The van der Waals surface area contributed by atoms with Gasteiger partial charge in [-0.15, -0.1) is 0 Å². The number of fused-ring (bicyclic) bond motifs is 1. The second-order valence-electron chi connectivity index (χ2n) is 7.20. The van der Waals surface area contributed by atoms with E-state index in [0.717, 1.165) is 41.5 Å². The summed E-state index contributed by atoms with van der Waals surface area (Å²) in [4.78, 5) is 11.7. The highest BCUT2D eigenvalue weighted by molar-refractivity contribution is 6.31. The minimum atomic E-state index is 0.0840. The van der Waals surface area contributed by atoms with Gasteiger partial charge in [-0.2, -0.15) is 0 Å². The Morgan fingerprint density at radius 1 is 1.10 bits per heavy atom. The normalized spacial score (nSPS) is 12.6. The zero-order valence-corrected chi connectivity index (χ0v) is 16.8. The van der Waals surface area contributed by atoms with Crippen molar-refractivity contribution in [3.8, 4) is 0 Å². The van der Waals surface area contributed by atoms with Crippen molar-refractivity contribution in [2.75, 3.05) is 0 Å². The average Bonchev–Trinajstić information content (AvgIpc) is 3.16. The fourth-order valence-corrected chi connectivity index (χ4v) is 3.63. The van der Waals surface area contributed by atoms with Crippen LogP contribution in [0.15, 0.2) is 67.3 Å². The summed E-state index contributed by atoms with van der Waals surface area (Å²) in [6.07, 6.45) is 14.0. The molecule has 4 nitrogen and oxygen atoms in total. The molecule has 0 aliphatic heterocycles. The number of aromatic amines is 1. The molecule has 146 valence electrons. The summed E-state index contributed by atoms with van der Waals surface area (Å²) in [5.74, 6) is 0. The second kappa shape index (κ2) is 9.03. The zero-order chi connectivity index (χ0) is 20.1. The van der Waals surface area contributed by atoms with Gasteiger partial charge in [0.2, 0.25) is 0 Å². The Morgan fingerprint density at radius 2 is 1.93 bits per heavy atom. The van der Waals surface area contributed by atoms with Crippen LogP contribution in [0.25, 0.3) is 23.1 Å². The van der Waals surface area contributed by atoms with Gasteiger partial charge < -0.3 is 10.7 Å². The fourth-order valence-electron chi connectivity index (χ4n) is 3.46. The van der Waals surface area contributed by atoms with E-state index in [9.17, 15) is 0 Å². The molecule has 0 saturated heterocycles. The number of aryl methyl sites for hydroxylation is 1. The molecular formula is C24H23ClN4.